The van der Waals surface area contributed by atoms with E-state index in [1.165, 1.54) is 12.1 Å². The molecule has 1 aromatic carbocycles. The van der Waals surface area contributed by atoms with Crippen molar-refractivity contribution in [3.05, 3.63) is 28.2 Å². The van der Waals surface area contributed by atoms with Crippen molar-refractivity contribution >= 4 is 21.9 Å². The van der Waals surface area contributed by atoms with Crippen molar-refractivity contribution in [2.45, 2.75) is 25.9 Å². The summed E-state index contributed by atoms with van der Waals surface area (Å²) in [5.74, 6) is -0.636. The van der Waals surface area contributed by atoms with E-state index in [0.29, 0.717) is 16.8 Å². The van der Waals surface area contributed by atoms with Crippen molar-refractivity contribution < 1.29 is 24.5 Å². The van der Waals surface area contributed by atoms with Gasteiger partial charge in [0, 0.05) is 6.61 Å². The molecule has 0 spiro atoms. The van der Waals surface area contributed by atoms with Crippen molar-refractivity contribution in [3.8, 4) is 5.75 Å². The predicted octanol–water partition coefficient (Wildman–Crippen LogP) is 2.70. The molecule has 1 unspecified atom stereocenters. The first-order chi connectivity index (χ1) is 9.54. The molecule has 0 aliphatic rings. The van der Waals surface area contributed by atoms with Gasteiger partial charge in [0.05, 0.1) is 16.6 Å². The van der Waals surface area contributed by atoms with Gasteiger partial charge in [0.2, 0.25) is 0 Å². The lowest BCUT2D eigenvalue weighted by Crippen LogP contribution is -2.23. The summed E-state index contributed by atoms with van der Waals surface area (Å²) in [4.78, 5) is 10.9. The van der Waals surface area contributed by atoms with Gasteiger partial charge in [-0.2, -0.15) is 0 Å². The number of aromatic carboxylic acids is 1. The molecule has 0 radical (unpaired) electrons. The van der Waals surface area contributed by atoms with Crippen molar-refractivity contribution in [3.63, 3.8) is 0 Å². The number of ether oxygens (including phenoxy) is 2. The number of hydrogen-bond acceptors (Lipinski definition) is 4. The number of benzene rings is 1. The highest BCUT2D eigenvalue weighted by Gasteiger charge is 2.10. The van der Waals surface area contributed by atoms with E-state index in [1.807, 2.05) is 0 Å². The lowest BCUT2D eigenvalue weighted by Gasteiger charge is -2.14. The van der Waals surface area contributed by atoms with Gasteiger partial charge in [0.15, 0.2) is 0 Å². The van der Waals surface area contributed by atoms with Crippen molar-refractivity contribution in [1.29, 1.82) is 0 Å². The molecule has 112 valence electrons. The molecule has 6 heteroatoms. The van der Waals surface area contributed by atoms with Crippen LogP contribution in [-0.4, -0.2) is 42.1 Å². The molecule has 0 heterocycles. The second kappa shape index (κ2) is 8.94. The van der Waals surface area contributed by atoms with E-state index in [2.05, 4.69) is 22.9 Å². The zero-order valence-electron chi connectivity index (χ0n) is 11.3. The van der Waals surface area contributed by atoms with Gasteiger partial charge in [0.1, 0.15) is 18.5 Å². The number of aliphatic hydroxyl groups excluding tert-OH is 1. The summed E-state index contributed by atoms with van der Waals surface area (Å²) in [5.41, 5.74) is 0.136. The fourth-order valence-corrected chi connectivity index (χ4v) is 1.81. The first kappa shape index (κ1) is 16.9. The zero-order valence-corrected chi connectivity index (χ0v) is 12.9. The SMILES string of the molecule is CCCCOCC(O)COc1cc(C(=O)O)ccc1Br. The van der Waals surface area contributed by atoms with E-state index in [4.69, 9.17) is 14.6 Å². The fraction of sp³-hybridized carbons (Fsp3) is 0.500. The van der Waals surface area contributed by atoms with Crippen LogP contribution in [0.5, 0.6) is 5.75 Å². The summed E-state index contributed by atoms with van der Waals surface area (Å²) in [6, 6.07) is 4.49. The Hall–Kier alpha value is -1.11. The number of aliphatic hydroxyl groups is 1. The quantitative estimate of drug-likeness (QED) is 0.672. The third kappa shape index (κ3) is 5.90. The molecule has 1 aromatic rings. The van der Waals surface area contributed by atoms with Gasteiger partial charge in [-0.3, -0.25) is 0 Å². The summed E-state index contributed by atoms with van der Waals surface area (Å²) >= 11 is 3.27. The molecule has 0 amide bonds. The summed E-state index contributed by atoms with van der Waals surface area (Å²) in [6.45, 7) is 2.94. The monoisotopic (exact) mass is 346 g/mol. The second-order valence-electron chi connectivity index (χ2n) is 4.34. The highest BCUT2D eigenvalue weighted by Crippen LogP contribution is 2.26. The molecular formula is C14H19BrO5. The van der Waals surface area contributed by atoms with Crippen LogP contribution in [-0.2, 0) is 4.74 Å². The molecule has 0 bridgehead atoms. The number of carbonyl (C=O) groups is 1. The van der Waals surface area contributed by atoms with E-state index in [1.54, 1.807) is 6.07 Å². The van der Waals surface area contributed by atoms with Crippen molar-refractivity contribution in [1.82, 2.24) is 0 Å². The molecule has 0 saturated carbocycles. The van der Waals surface area contributed by atoms with Crippen LogP contribution < -0.4 is 4.74 Å². The Morgan fingerprint density at radius 1 is 1.40 bits per heavy atom. The third-order valence-corrected chi connectivity index (χ3v) is 3.22. The minimum Gasteiger partial charge on any atom is -0.490 e. The Kier molecular flexibility index (Phi) is 7.58. The molecule has 0 aliphatic heterocycles. The molecule has 1 atom stereocenters. The Balaban J connectivity index is 2.44. The van der Waals surface area contributed by atoms with Crippen LogP contribution in [0.15, 0.2) is 22.7 Å². The zero-order chi connectivity index (χ0) is 15.0. The minimum absolute atomic E-state index is 0.0494. The number of rotatable bonds is 9. The Morgan fingerprint density at radius 3 is 2.80 bits per heavy atom. The number of hydrogen-bond donors (Lipinski definition) is 2. The van der Waals surface area contributed by atoms with Gasteiger partial charge in [0.25, 0.3) is 0 Å². The predicted molar refractivity (Wildman–Crippen MR) is 78.3 cm³/mol. The number of carboxylic acids is 1. The molecule has 5 nitrogen and oxygen atoms in total. The topological polar surface area (TPSA) is 76.0 Å². The van der Waals surface area contributed by atoms with Crippen LogP contribution in [0.3, 0.4) is 0 Å². The standard InChI is InChI=1S/C14H19BrO5/c1-2-3-6-19-8-11(16)9-20-13-7-10(14(17)18)4-5-12(13)15/h4-5,7,11,16H,2-3,6,8-9H2,1H3,(H,17,18). The maximum Gasteiger partial charge on any atom is 0.335 e. The van der Waals surface area contributed by atoms with Crippen molar-refractivity contribution in [2.24, 2.45) is 0 Å². The number of halogens is 1. The lowest BCUT2D eigenvalue weighted by molar-refractivity contribution is 0.0111. The first-order valence-electron chi connectivity index (χ1n) is 6.46. The Labute approximate surface area is 126 Å². The third-order valence-electron chi connectivity index (χ3n) is 2.56. The van der Waals surface area contributed by atoms with Gasteiger partial charge in [-0.15, -0.1) is 0 Å². The van der Waals surface area contributed by atoms with E-state index in [-0.39, 0.29) is 18.8 Å². The van der Waals surface area contributed by atoms with Crippen molar-refractivity contribution in [2.75, 3.05) is 19.8 Å². The van der Waals surface area contributed by atoms with E-state index >= 15 is 0 Å². The highest BCUT2D eigenvalue weighted by molar-refractivity contribution is 9.10. The number of unbranched alkanes of at least 4 members (excludes halogenated alkanes) is 1. The van der Waals surface area contributed by atoms with E-state index < -0.39 is 12.1 Å². The maximum absolute atomic E-state index is 10.9. The van der Waals surface area contributed by atoms with Gasteiger partial charge < -0.3 is 19.7 Å². The summed E-state index contributed by atoms with van der Waals surface area (Å²) < 4.78 is 11.3. The molecule has 0 aliphatic carbocycles. The van der Waals surface area contributed by atoms with E-state index in [0.717, 1.165) is 12.8 Å². The molecule has 0 saturated heterocycles. The average molecular weight is 347 g/mol. The van der Waals surface area contributed by atoms with Crippen LogP contribution >= 0.6 is 15.9 Å². The Bertz CT molecular complexity index is 436. The smallest absolute Gasteiger partial charge is 0.335 e. The largest absolute Gasteiger partial charge is 0.490 e. The number of carboxylic acid groups (broad SMARTS) is 1. The maximum atomic E-state index is 10.9. The van der Waals surface area contributed by atoms with E-state index in [9.17, 15) is 9.90 Å². The van der Waals surface area contributed by atoms with Crippen LogP contribution in [0.2, 0.25) is 0 Å². The van der Waals surface area contributed by atoms with Gasteiger partial charge in [-0.05, 0) is 40.5 Å². The molecule has 1 rings (SSSR count). The normalized spacial score (nSPS) is 12.2. The fourth-order valence-electron chi connectivity index (χ4n) is 1.45. The van der Waals surface area contributed by atoms with Crippen LogP contribution in [0, 0.1) is 0 Å². The average Bonchev–Trinajstić information content (AvgIpc) is 2.42. The van der Waals surface area contributed by atoms with Gasteiger partial charge >= 0.3 is 5.97 Å². The summed E-state index contributed by atoms with van der Waals surface area (Å²) in [6.07, 6.45) is 1.26. The van der Waals surface area contributed by atoms with Gasteiger partial charge in [-0.1, -0.05) is 13.3 Å². The Morgan fingerprint density at radius 2 is 2.15 bits per heavy atom. The van der Waals surface area contributed by atoms with Gasteiger partial charge in [-0.25, -0.2) is 4.79 Å². The second-order valence-corrected chi connectivity index (χ2v) is 5.20. The molecule has 20 heavy (non-hydrogen) atoms. The molecule has 0 aromatic heterocycles. The van der Waals surface area contributed by atoms with Crippen LogP contribution in [0.25, 0.3) is 0 Å². The van der Waals surface area contributed by atoms with Crippen LogP contribution in [0.4, 0.5) is 0 Å². The molecule has 0 fully saturated rings. The highest BCUT2D eigenvalue weighted by atomic mass is 79.9. The molecular weight excluding hydrogens is 328 g/mol. The minimum atomic E-state index is -1.02. The summed E-state index contributed by atoms with van der Waals surface area (Å²) in [5, 5.41) is 18.6. The first-order valence-corrected chi connectivity index (χ1v) is 7.25. The van der Waals surface area contributed by atoms with Crippen LogP contribution in [0.1, 0.15) is 30.1 Å². The summed E-state index contributed by atoms with van der Waals surface area (Å²) in [7, 11) is 0. The lowest BCUT2D eigenvalue weighted by atomic mass is 10.2. The molecule has 2 N–H and O–H groups in total.